The standard InChI is InChI=1S/C19H29N3O2/c1-13-11-20-16(14(2)19(13)24-4)12-21-9-5-7-17(21)18-8-6-10-22(18)15(3)23/h11,17-18H,5-10,12H2,1-4H3/t17-,18-/m0/s1. The molecule has 0 radical (unpaired) electrons. The highest BCUT2D eigenvalue weighted by molar-refractivity contribution is 5.74. The predicted octanol–water partition coefficient (Wildman–Crippen LogP) is 2.68. The molecule has 24 heavy (non-hydrogen) atoms. The average molecular weight is 331 g/mol. The number of nitrogens with zero attached hydrogens (tertiary/aromatic N) is 3. The van der Waals surface area contributed by atoms with E-state index in [4.69, 9.17) is 4.74 Å². The van der Waals surface area contributed by atoms with Crippen LogP contribution in [0.4, 0.5) is 0 Å². The third-order valence-electron chi connectivity index (χ3n) is 5.66. The fraction of sp³-hybridized carbons (Fsp3) is 0.684. The Balaban J connectivity index is 1.78. The van der Waals surface area contributed by atoms with Gasteiger partial charge in [0.1, 0.15) is 5.75 Å². The molecule has 2 saturated heterocycles. The number of methoxy groups -OCH3 is 1. The maximum atomic E-state index is 11.9. The van der Waals surface area contributed by atoms with Crippen LogP contribution in [0, 0.1) is 13.8 Å². The number of hydrogen-bond donors (Lipinski definition) is 0. The maximum absolute atomic E-state index is 11.9. The number of amides is 1. The minimum absolute atomic E-state index is 0.218. The molecule has 3 rings (SSSR count). The number of hydrogen-bond acceptors (Lipinski definition) is 4. The van der Waals surface area contributed by atoms with Gasteiger partial charge in [-0.25, -0.2) is 0 Å². The lowest BCUT2D eigenvalue weighted by Crippen LogP contribution is -2.47. The van der Waals surface area contributed by atoms with Crippen LogP contribution in [0.5, 0.6) is 5.75 Å². The van der Waals surface area contributed by atoms with E-state index >= 15 is 0 Å². The fourth-order valence-corrected chi connectivity index (χ4v) is 4.49. The molecule has 2 fully saturated rings. The highest BCUT2D eigenvalue weighted by Gasteiger charge is 2.38. The van der Waals surface area contributed by atoms with Gasteiger partial charge >= 0.3 is 0 Å². The van der Waals surface area contributed by atoms with Gasteiger partial charge in [0.2, 0.25) is 5.91 Å². The van der Waals surface area contributed by atoms with Crippen LogP contribution < -0.4 is 4.74 Å². The molecule has 3 heterocycles. The summed E-state index contributed by atoms with van der Waals surface area (Å²) in [6, 6.07) is 0.836. The Kier molecular flexibility index (Phi) is 5.09. The molecule has 0 aromatic carbocycles. The lowest BCUT2D eigenvalue weighted by atomic mass is 10.0. The quantitative estimate of drug-likeness (QED) is 0.851. The van der Waals surface area contributed by atoms with E-state index in [-0.39, 0.29) is 5.91 Å². The number of likely N-dealkylation sites (tertiary alicyclic amines) is 2. The van der Waals surface area contributed by atoms with Gasteiger partial charge in [-0.2, -0.15) is 0 Å². The highest BCUT2D eigenvalue weighted by atomic mass is 16.5. The van der Waals surface area contributed by atoms with E-state index in [2.05, 4.69) is 21.7 Å². The lowest BCUT2D eigenvalue weighted by Gasteiger charge is -2.34. The van der Waals surface area contributed by atoms with Crippen molar-refractivity contribution in [3.63, 3.8) is 0 Å². The summed E-state index contributed by atoms with van der Waals surface area (Å²) >= 11 is 0. The van der Waals surface area contributed by atoms with Crippen molar-refractivity contribution in [2.75, 3.05) is 20.2 Å². The van der Waals surface area contributed by atoms with Crippen molar-refractivity contribution in [1.29, 1.82) is 0 Å². The SMILES string of the molecule is COc1c(C)cnc(CN2CCC[C@H]2[C@@H]2CCCN2C(C)=O)c1C. The monoisotopic (exact) mass is 331 g/mol. The largest absolute Gasteiger partial charge is 0.496 e. The number of carbonyl (C=O) groups is 1. The second-order valence-electron chi connectivity index (χ2n) is 7.15. The Labute approximate surface area is 145 Å². The molecule has 0 saturated carbocycles. The van der Waals surface area contributed by atoms with E-state index in [1.807, 2.05) is 13.1 Å². The van der Waals surface area contributed by atoms with Gasteiger partial charge in [-0.15, -0.1) is 0 Å². The summed E-state index contributed by atoms with van der Waals surface area (Å²) < 4.78 is 5.54. The Morgan fingerprint density at radius 2 is 1.96 bits per heavy atom. The van der Waals surface area contributed by atoms with Crippen LogP contribution in [0.15, 0.2) is 6.20 Å². The topological polar surface area (TPSA) is 45.7 Å². The second kappa shape index (κ2) is 7.09. The number of pyridine rings is 1. The van der Waals surface area contributed by atoms with Crippen LogP contribution >= 0.6 is 0 Å². The molecule has 2 aliphatic heterocycles. The van der Waals surface area contributed by atoms with Crippen molar-refractivity contribution in [3.8, 4) is 5.75 Å². The zero-order valence-electron chi connectivity index (χ0n) is 15.3. The summed E-state index contributed by atoms with van der Waals surface area (Å²) in [5.74, 6) is 1.16. The van der Waals surface area contributed by atoms with E-state index in [0.29, 0.717) is 12.1 Å². The molecule has 2 aliphatic rings. The molecule has 0 aliphatic carbocycles. The molecular weight excluding hydrogens is 302 g/mol. The zero-order valence-corrected chi connectivity index (χ0v) is 15.3. The molecule has 0 unspecified atom stereocenters. The molecule has 1 aromatic heterocycles. The fourth-order valence-electron chi connectivity index (χ4n) is 4.49. The highest BCUT2D eigenvalue weighted by Crippen LogP contribution is 2.32. The van der Waals surface area contributed by atoms with Crippen LogP contribution in [-0.2, 0) is 11.3 Å². The summed E-state index contributed by atoms with van der Waals surface area (Å²) in [6.45, 7) is 8.68. The van der Waals surface area contributed by atoms with Crippen LogP contribution in [0.25, 0.3) is 0 Å². The first kappa shape index (κ1) is 17.2. The normalized spacial score (nSPS) is 24.6. The van der Waals surface area contributed by atoms with E-state index in [1.165, 1.54) is 12.8 Å². The molecule has 5 nitrogen and oxygen atoms in total. The average Bonchev–Trinajstić information content (AvgIpc) is 3.19. The molecule has 1 amide bonds. The first-order valence-electron chi connectivity index (χ1n) is 9.03. The first-order valence-corrected chi connectivity index (χ1v) is 9.03. The van der Waals surface area contributed by atoms with E-state index in [1.54, 1.807) is 14.0 Å². The van der Waals surface area contributed by atoms with E-state index in [0.717, 1.165) is 55.0 Å². The smallest absolute Gasteiger partial charge is 0.219 e. The van der Waals surface area contributed by atoms with Gasteiger partial charge in [-0.05, 0) is 46.1 Å². The van der Waals surface area contributed by atoms with Crippen molar-refractivity contribution in [1.82, 2.24) is 14.8 Å². The van der Waals surface area contributed by atoms with Crippen LogP contribution in [0.2, 0.25) is 0 Å². The molecule has 5 heteroatoms. The van der Waals surface area contributed by atoms with Crippen LogP contribution in [0.1, 0.15) is 49.4 Å². The van der Waals surface area contributed by atoms with Gasteiger partial charge < -0.3 is 9.64 Å². The number of aromatic nitrogens is 1. The minimum atomic E-state index is 0.218. The number of rotatable bonds is 4. The van der Waals surface area contributed by atoms with Crippen LogP contribution in [-0.4, -0.2) is 53.0 Å². The van der Waals surface area contributed by atoms with Crippen molar-refractivity contribution in [3.05, 3.63) is 23.0 Å². The molecule has 2 atom stereocenters. The third-order valence-corrected chi connectivity index (χ3v) is 5.66. The van der Waals surface area contributed by atoms with Gasteiger partial charge in [-0.3, -0.25) is 14.7 Å². The van der Waals surface area contributed by atoms with Gasteiger partial charge in [0.25, 0.3) is 0 Å². The van der Waals surface area contributed by atoms with Gasteiger partial charge in [0, 0.05) is 49.4 Å². The Morgan fingerprint density at radius 3 is 2.67 bits per heavy atom. The van der Waals surface area contributed by atoms with Crippen LogP contribution in [0.3, 0.4) is 0 Å². The van der Waals surface area contributed by atoms with E-state index < -0.39 is 0 Å². The van der Waals surface area contributed by atoms with Crippen molar-refractivity contribution >= 4 is 5.91 Å². The van der Waals surface area contributed by atoms with Crippen molar-refractivity contribution < 1.29 is 9.53 Å². The Bertz CT molecular complexity index is 617. The molecular formula is C19H29N3O2. The maximum Gasteiger partial charge on any atom is 0.219 e. The summed E-state index contributed by atoms with van der Waals surface area (Å²) in [7, 11) is 1.72. The van der Waals surface area contributed by atoms with Crippen molar-refractivity contribution in [2.24, 2.45) is 0 Å². The van der Waals surface area contributed by atoms with Gasteiger partial charge in [-0.1, -0.05) is 0 Å². The lowest BCUT2D eigenvalue weighted by molar-refractivity contribution is -0.130. The summed E-state index contributed by atoms with van der Waals surface area (Å²) in [5.41, 5.74) is 3.31. The molecule has 0 N–H and O–H groups in total. The van der Waals surface area contributed by atoms with Gasteiger partial charge in [0.15, 0.2) is 0 Å². The predicted molar refractivity (Wildman–Crippen MR) is 94.1 cm³/mol. The number of ether oxygens (including phenoxy) is 1. The Morgan fingerprint density at radius 1 is 1.25 bits per heavy atom. The summed E-state index contributed by atoms with van der Waals surface area (Å²) in [6.07, 6.45) is 6.55. The van der Waals surface area contributed by atoms with Crippen molar-refractivity contribution in [2.45, 2.75) is 65.1 Å². The summed E-state index contributed by atoms with van der Waals surface area (Å²) in [4.78, 5) is 21.2. The molecule has 0 bridgehead atoms. The second-order valence-corrected chi connectivity index (χ2v) is 7.15. The third kappa shape index (κ3) is 3.14. The molecule has 0 spiro atoms. The number of carbonyl (C=O) groups excluding carboxylic acids is 1. The summed E-state index contributed by atoms with van der Waals surface area (Å²) in [5, 5.41) is 0. The first-order chi connectivity index (χ1) is 11.5. The number of aryl methyl sites for hydroxylation is 1. The minimum Gasteiger partial charge on any atom is -0.496 e. The molecule has 132 valence electrons. The van der Waals surface area contributed by atoms with Gasteiger partial charge in [0.05, 0.1) is 12.8 Å². The van der Waals surface area contributed by atoms with E-state index in [9.17, 15) is 4.79 Å². The Hall–Kier alpha value is -1.62. The molecule has 1 aromatic rings. The zero-order chi connectivity index (χ0) is 17.3.